The number of carboxylic acids is 1. The predicted octanol–water partition coefficient (Wildman–Crippen LogP) is 4.22. The van der Waals surface area contributed by atoms with Crippen LogP contribution in [0.1, 0.15) is 31.8 Å². The monoisotopic (exact) mass is 422 g/mol. The zero-order valence-electron chi connectivity index (χ0n) is 17.4. The van der Waals surface area contributed by atoms with Crippen LogP contribution in [0.4, 0.5) is 0 Å². The van der Waals surface area contributed by atoms with Crippen molar-refractivity contribution in [3.8, 4) is 23.0 Å². The first kappa shape index (κ1) is 21.7. The van der Waals surface area contributed by atoms with Crippen LogP contribution in [0.3, 0.4) is 0 Å². The summed E-state index contributed by atoms with van der Waals surface area (Å²) in [6, 6.07) is 16.8. The molecule has 0 aliphatic rings. The van der Waals surface area contributed by atoms with Crippen molar-refractivity contribution in [2.45, 2.75) is 6.61 Å². The van der Waals surface area contributed by atoms with Gasteiger partial charge >= 0.3 is 5.97 Å². The van der Waals surface area contributed by atoms with E-state index < -0.39 is 11.8 Å². The molecule has 0 atom stereocenters. The number of carboxylic acid groups (broad SMARTS) is 1. The highest BCUT2D eigenvalue weighted by atomic mass is 16.5. The second-order valence-electron chi connectivity index (χ2n) is 6.53. The van der Waals surface area contributed by atoms with Crippen LogP contribution < -0.4 is 18.9 Å². The smallest absolute Gasteiger partial charge is 0.336 e. The molecule has 0 radical (unpaired) electrons. The summed E-state index contributed by atoms with van der Waals surface area (Å²) in [6.07, 6.45) is 0. The van der Waals surface area contributed by atoms with Crippen molar-refractivity contribution in [2.75, 3.05) is 21.3 Å². The molecule has 0 unspecified atom stereocenters. The van der Waals surface area contributed by atoms with Crippen LogP contribution in [0.15, 0.2) is 60.7 Å². The predicted molar refractivity (Wildman–Crippen MR) is 114 cm³/mol. The van der Waals surface area contributed by atoms with Crippen LogP contribution in [0.2, 0.25) is 0 Å². The van der Waals surface area contributed by atoms with Gasteiger partial charge in [-0.15, -0.1) is 0 Å². The topological polar surface area (TPSA) is 91.3 Å². The fourth-order valence-electron chi connectivity index (χ4n) is 3.10. The summed E-state index contributed by atoms with van der Waals surface area (Å²) in [4.78, 5) is 25.0. The molecule has 0 bridgehead atoms. The number of rotatable bonds is 9. The molecule has 0 aromatic heterocycles. The van der Waals surface area contributed by atoms with Gasteiger partial charge in [0.1, 0.15) is 12.4 Å². The van der Waals surface area contributed by atoms with Crippen molar-refractivity contribution in [2.24, 2.45) is 0 Å². The number of aromatic carboxylic acids is 1. The van der Waals surface area contributed by atoms with E-state index in [4.69, 9.17) is 18.9 Å². The highest BCUT2D eigenvalue weighted by Gasteiger charge is 2.22. The molecule has 0 heterocycles. The van der Waals surface area contributed by atoms with E-state index in [2.05, 4.69) is 0 Å². The van der Waals surface area contributed by atoms with Gasteiger partial charge in [0.25, 0.3) is 0 Å². The lowest BCUT2D eigenvalue weighted by atomic mass is 9.97. The van der Waals surface area contributed by atoms with Crippen LogP contribution >= 0.6 is 0 Å². The number of ketones is 1. The number of hydrogen-bond donors (Lipinski definition) is 1. The first-order valence-corrected chi connectivity index (χ1v) is 9.37. The van der Waals surface area contributed by atoms with Crippen molar-refractivity contribution in [1.29, 1.82) is 0 Å². The lowest BCUT2D eigenvalue weighted by Crippen LogP contribution is -2.11. The van der Waals surface area contributed by atoms with Crippen molar-refractivity contribution < 1.29 is 33.6 Å². The molecule has 7 nitrogen and oxygen atoms in total. The van der Waals surface area contributed by atoms with Gasteiger partial charge in [-0.2, -0.15) is 0 Å². The standard InChI is InChI=1S/C24H22O7/c1-28-20-11-16(12-21(29-2)23(20)30-3)22(25)18-10-9-17(13-19(18)24(26)27)31-14-15-7-5-4-6-8-15/h4-13H,14H2,1-3H3,(H,26,27). The first-order chi connectivity index (χ1) is 15.0. The third-order valence-corrected chi connectivity index (χ3v) is 4.64. The maximum atomic E-state index is 13.1. The number of hydrogen-bond acceptors (Lipinski definition) is 6. The molecule has 0 fully saturated rings. The first-order valence-electron chi connectivity index (χ1n) is 9.37. The Labute approximate surface area is 179 Å². The zero-order chi connectivity index (χ0) is 22.4. The molecule has 1 N–H and O–H groups in total. The molecule has 7 heteroatoms. The molecule has 160 valence electrons. The average molecular weight is 422 g/mol. The minimum Gasteiger partial charge on any atom is -0.493 e. The average Bonchev–Trinajstić information content (AvgIpc) is 2.81. The summed E-state index contributed by atoms with van der Waals surface area (Å²) in [5.74, 6) is -0.450. The maximum absolute atomic E-state index is 13.1. The third-order valence-electron chi connectivity index (χ3n) is 4.64. The van der Waals surface area contributed by atoms with Gasteiger partial charge in [-0.3, -0.25) is 4.79 Å². The Bertz CT molecular complexity index is 1070. The molecular formula is C24H22O7. The highest BCUT2D eigenvalue weighted by molar-refractivity contribution is 6.14. The van der Waals surface area contributed by atoms with Gasteiger partial charge < -0.3 is 24.1 Å². The summed E-state index contributed by atoms with van der Waals surface area (Å²) < 4.78 is 21.5. The second-order valence-corrected chi connectivity index (χ2v) is 6.53. The lowest BCUT2D eigenvalue weighted by Gasteiger charge is -2.14. The van der Waals surface area contributed by atoms with Gasteiger partial charge in [-0.1, -0.05) is 30.3 Å². The summed E-state index contributed by atoms with van der Waals surface area (Å²) in [7, 11) is 4.33. The molecule has 31 heavy (non-hydrogen) atoms. The Hall–Kier alpha value is -4.00. The van der Waals surface area contributed by atoms with E-state index in [-0.39, 0.29) is 23.3 Å². The van der Waals surface area contributed by atoms with E-state index >= 15 is 0 Å². The SMILES string of the molecule is COc1cc(C(=O)c2ccc(OCc3ccccc3)cc2C(=O)O)cc(OC)c1OC. The largest absolute Gasteiger partial charge is 0.493 e. The Kier molecular flexibility index (Phi) is 6.77. The molecule has 0 amide bonds. The van der Waals surface area contributed by atoms with Crippen molar-refractivity contribution >= 4 is 11.8 Å². The highest BCUT2D eigenvalue weighted by Crippen LogP contribution is 2.39. The van der Waals surface area contributed by atoms with Gasteiger partial charge in [0, 0.05) is 11.1 Å². The van der Waals surface area contributed by atoms with Crippen molar-refractivity contribution in [3.63, 3.8) is 0 Å². The van der Waals surface area contributed by atoms with E-state index in [1.54, 1.807) is 6.07 Å². The van der Waals surface area contributed by atoms with Crippen LogP contribution in [-0.2, 0) is 6.61 Å². The minimum absolute atomic E-state index is 0.0221. The molecule has 0 aliphatic heterocycles. The fraction of sp³-hybridized carbons (Fsp3) is 0.167. The normalized spacial score (nSPS) is 10.3. The molecule has 0 saturated carbocycles. The van der Waals surface area contributed by atoms with Crippen LogP contribution in [-0.4, -0.2) is 38.2 Å². The summed E-state index contributed by atoms with van der Waals surface area (Å²) >= 11 is 0. The minimum atomic E-state index is -1.24. The van der Waals surface area contributed by atoms with E-state index in [0.29, 0.717) is 23.0 Å². The number of ether oxygens (including phenoxy) is 4. The van der Waals surface area contributed by atoms with Gasteiger partial charge in [0.15, 0.2) is 17.3 Å². The molecule has 3 rings (SSSR count). The van der Waals surface area contributed by atoms with Crippen molar-refractivity contribution in [1.82, 2.24) is 0 Å². The zero-order valence-corrected chi connectivity index (χ0v) is 17.4. The number of benzene rings is 3. The quantitative estimate of drug-likeness (QED) is 0.516. The second kappa shape index (κ2) is 9.67. The van der Waals surface area contributed by atoms with Gasteiger partial charge in [0.2, 0.25) is 5.75 Å². The van der Waals surface area contributed by atoms with E-state index in [1.807, 2.05) is 30.3 Å². The molecule has 0 spiro atoms. The Morgan fingerprint density at radius 3 is 2.00 bits per heavy atom. The van der Waals surface area contributed by atoms with Gasteiger partial charge in [0.05, 0.1) is 26.9 Å². The van der Waals surface area contributed by atoms with Crippen molar-refractivity contribution in [3.05, 3.63) is 82.9 Å². The molecule has 3 aromatic rings. The number of methoxy groups -OCH3 is 3. The summed E-state index contributed by atoms with van der Waals surface area (Å²) in [5.41, 5.74) is 1.00. The Morgan fingerprint density at radius 1 is 0.806 bits per heavy atom. The number of carbonyl (C=O) groups excluding carboxylic acids is 1. The molecule has 0 aliphatic carbocycles. The van der Waals surface area contributed by atoms with Crippen LogP contribution in [0.5, 0.6) is 23.0 Å². The Balaban J connectivity index is 1.94. The summed E-state index contributed by atoms with van der Waals surface area (Å²) in [5, 5.41) is 9.68. The van der Waals surface area contributed by atoms with E-state index in [9.17, 15) is 14.7 Å². The van der Waals surface area contributed by atoms with Gasteiger partial charge in [-0.25, -0.2) is 4.79 Å². The van der Waals surface area contributed by atoms with Gasteiger partial charge in [-0.05, 0) is 35.9 Å². The molecule has 0 saturated heterocycles. The fourth-order valence-corrected chi connectivity index (χ4v) is 3.10. The maximum Gasteiger partial charge on any atom is 0.336 e. The number of carbonyl (C=O) groups is 2. The summed E-state index contributed by atoms with van der Waals surface area (Å²) in [6.45, 7) is 0.278. The van der Waals surface area contributed by atoms with E-state index in [0.717, 1.165) is 5.56 Å². The van der Waals surface area contributed by atoms with Crippen LogP contribution in [0, 0.1) is 0 Å². The third kappa shape index (κ3) is 4.78. The lowest BCUT2D eigenvalue weighted by molar-refractivity contribution is 0.0692. The van der Waals surface area contributed by atoms with E-state index in [1.165, 1.54) is 45.6 Å². The molecule has 3 aromatic carbocycles. The van der Waals surface area contributed by atoms with Crippen LogP contribution in [0.25, 0.3) is 0 Å². The Morgan fingerprint density at radius 2 is 1.45 bits per heavy atom. The molecular weight excluding hydrogens is 400 g/mol.